The second kappa shape index (κ2) is 7.21. The van der Waals surface area contributed by atoms with Gasteiger partial charge in [-0.3, -0.25) is 0 Å². The van der Waals surface area contributed by atoms with E-state index in [1.807, 2.05) is 6.92 Å². The Morgan fingerprint density at radius 1 is 1.10 bits per heavy atom. The Balaban J connectivity index is 2.38. The molecule has 0 amide bonds. The first-order valence-electron chi connectivity index (χ1n) is 6.64. The predicted molar refractivity (Wildman–Crippen MR) is 82.9 cm³/mol. The van der Waals surface area contributed by atoms with E-state index in [0.717, 1.165) is 17.7 Å². The first kappa shape index (κ1) is 16.2. The maximum Gasteiger partial charge on any atom is 0.128 e. The second-order valence-electron chi connectivity index (χ2n) is 4.68. The van der Waals surface area contributed by atoms with Crippen LogP contribution in [0.1, 0.15) is 24.1 Å². The molecule has 0 radical (unpaired) electrons. The number of rotatable bonds is 5. The van der Waals surface area contributed by atoms with Gasteiger partial charge in [0.15, 0.2) is 0 Å². The fourth-order valence-corrected chi connectivity index (χ4v) is 2.80. The number of hydrogen-bond acceptors (Lipinski definition) is 1. The molecule has 5 heteroatoms. The number of halogens is 4. The van der Waals surface area contributed by atoms with Crippen LogP contribution in [0.3, 0.4) is 0 Å². The van der Waals surface area contributed by atoms with E-state index in [1.165, 1.54) is 6.07 Å². The van der Waals surface area contributed by atoms with Crippen LogP contribution in [-0.2, 0) is 6.42 Å². The number of likely N-dealkylation sites (N-methyl/N-ethyl adjacent to an activating group) is 1. The zero-order valence-corrected chi connectivity index (χ0v) is 13.0. The molecule has 2 aromatic rings. The Morgan fingerprint density at radius 2 is 1.76 bits per heavy atom. The van der Waals surface area contributed by atoms with Gasteiger partial charge in [-0.05, 0) is 48.9 Å². The Hall–Kier alpha value is -1.16. The summed E-state index contributed by atoms with van der Waals surface area (Å²) in [5, 5.41) is 4.18. The van der Waals surface area contributed by atoms with Crippen LogP contribution < -0.4 is 5.32 Å². The molecule has 21 heavy (non-hydrogen) atoms. The van der Waals surface area contributed by atoms with E-state index in [1.54, 1.807) is 18.2 Å². The van der Waals surface area contributed by atoms with Crippen molar-refractivity contribution in [3.05, 3.63) is 69.2 Å². The standard InChI is InChI=1S/C16H15Cl2F2N/c1-2-21-16(12-8-10(19)6-7-15(12)20)9-11-13(17)4-3-5-14(11)18/h3-8,16,21H,2,9H2,1H3. The van der Waals surface area contributed by atoms with Gasteiger partial charge in [-0.2, -0.15) is 0 Å². The molecule has 0 bridgehead atoms. The van der Waals surface area contributed by atoms with E-state index >= 15 is 0 Å². The third-order valence-electron chi connectivity index (χ3n) is 3.25. The summed E-state index contributed by atoms with van der Waals surface area (Å²) in [5.41, 5.74) is 0.989. The van der Waals surface area contributed by atoms with Crippen molar-refractivity contribution in [2.75, 3.05) is 6.54 Å². The number of nitrogens with one attached hydrogen (secondary N) is 1. The van der Waals surface area contributed by atoms with Crippen molar-refractivity contribution < 1.29 is 8.78 Å². The molecule has 0 aliphatic carbocycles. The summed E-state index contributed by atoms with van der Waals surface area (Å²) in [6, 6.07) is 8.24. The third-order valence-corrected chi connectivity index (χ3v) is 3.96. The first-order chi connectivity index (χ1) is 10.0. The SMILES string of the molecule is CCNC(Cc1c(Cl)cccc1Cl)c1cc(F)ccc1F. The minimum atomic E-state index is -0.473. The summed E-state index contributed by atoms with van der Waals surface area (Å²) < 4.78 is 27.4. The van der Waals surface area contributed by atoms with Crippen LogP contribution in [0.5, 0.6) is 0 Å². The van der Waals surface area contributed by atoms with Gasteiger partial charge in [0.25, 0.3) is 0 Å². The minimum absolute atomic E-state index is 0.271. The first-order valence-corrected chi connectivity index (χ1v) is 7.39. The van der Waals surface area contributed by atoms with Gasteiger partial charge in [-0.1, -0.05) is 36.2 Å². The van der Waals surface area contributed by atoms with Gasteiger partial charge in [-0.15, -0.1) is 0 Å². The summed E-state index contributed by atoms with van der Waals surface area (Å²) in [5.74, 6) is -0.926. The molecule has 1 N–H and O–H groups in total. The molecule has 2 rings (SSSR count). The molecule has 112 valence electrons. The average molecular weight is 330 g/mol. The molecular formula is C16H15Cl2F2N. The summed E-state index contributed by atoms with van der Waals surface area (Å²) >= 11 is 12.3. The molecule has 1 nitrogen and oxygen atoms in total. The molecule has 0 heterocycles. The molecule has 0 saturated carbocycles. The van der Waals surface area contributed by atoms with Gasteiger partial charge in [-0.25, -0.2) is 8.78 Å². The highest BCUT2D eigenvalue weighted by molar-refractivity contribution is 6.36. The van der Waals surface area contributed by atoms with Crippen molar-refractivity contribution >= 4 is 23.2 Å². The van der Waals surface area contributed by atoms with Crippen LogP contribution in [0.25, 0.3) is 0 Å². The van der Waals surface area contributed by atoms with Crippen molar-refractivity contribution in [1.29, 1.82) is 0 Å². The topological polar surface area (TPSA) is 12.0 Å². The highest BCUT2D eigenvalue weighted by Crippen LogP contribution is 2.30. The van der Waals surface area contributed by atoms with E-state index in [0.29, 0.717) is 23.0 Å². The Labute approximate surface area is 132 Å². The van der Waals surface area contributed by atoms with Gasteiger partial charge in [0.2, 0.25) is 0 Å². The zero-order valence-electron chi connectivity index (χ0n) is 11.5. The molecule has 0 spiro atoms. The van der Waals surface area contributed by atoms with Crippen molar-refractivity contribution in [3.8, 4) is 0 Å². The van der Waals surface area contributed by atoms with Crippen LogP contribution >= 0.6 is 23.2 Å². The molecular weight excluding hydrogens is 315 g/mol. The lowest BCUT2D eigenvalue weighted by Gasteiger charge is -2.20. The van der Waals surface area contributed by atoms with E-state index in [9.17, 15) is 8.78 Å². The van der Waals surface area contributed by atoms with Crippen LogP contribution in [-0.4, -0.2) is 6.54 Å². The number of benzene rings is 2. The fraction of sp³-hybridized carbons (Fsp3) is 0.250. The average Bonchev–Trinajstić information content (AvgIpc) is 2.44. The van der Waals surface area contributed by atoms with E-state index in [2.05, 4.69) is 5.32 Å². The molecule has 0 fully saturated rings. The van der Waals surface area contributed by atoms with Gasteiger partial charge >= 0.3 is 0 Å². The quantitative estimate of drug-likeness (QED) is 0.798. The maximum atomic E-state index is 14.0. The lowest BCUT2D eigenvalue weighted by Crippen LogP contribution is -2.24. The van der Waals surface area contributed by atoms with Crippen LogP contribution in [0.2, 0.25) is 10.0 Å². The van der Waals surface area contributed by atoms with Crippen LogP contribution in [0.15, 0.2) is 36.4 Å². The van der Waals surface area contributed by atoms with Crippen molar-refractivity contribution in [2.24, 2.45) is 0 Å². The Kier molecular flexibility index (Phi) is 5.57. The third kappa shape index (κ3) is 3.94. The molecule has 0 aliphatic heterocycles. The molecule has 0 aromatic heterocycles. The lowest BCUT2D eigenvalue weighted by molar-refractivity contribution is 0.502. The van der Waals surface area contributed by atoms with Crippen molar-refractivity contribution in [2.45, 2.75) is 19.4 Å². The van der Waals surface area contributed by atoms with E-state index in [-0.39, 0.29) is 5.56 Å². The predicted octanol–water partition coefficient (Wildman–Crippen LogP) is 5.16. The normalized spacial score (nSPS) is 12.4. The molecule has 0 saturated heterocycles. The van der Waals surface area contributed by atoms with Gasteiger partial charge < -0.3 is 5.32 Å². The monoisotopic (exact) mass is 329 g/mol. The van der Waals surface area contributed by atoms with Crippen LogP contribution in [0.4, 0.5) is 8.78 Å². The summed E-state index contributed by atoms with van der Waals surface area (Å²) in [6.07, 6.45) is 0.382. The Morgan fingerprint density at radius 3 is 2.38 bits per heavy atom. The Bertz CT molecular complexity index is 611. The molecule has 1 atom stereocenters. The van der Waals surface area contributed by atoms with E-state index < -0.39 is 17.7 Å². The summed E-state index contributed by atoms with van der Waals surface area (Å²) in [7, 11) is 0. The largest absolute Gasteiger partial charge is 0.310 e. The lowest BCUT2D eigenvalue weighted by atomic mass is 9.98. The molecule has 2 aromatic carbocycles. The maximum absolute atomic E-state index is 14.0. The molecule has 1 unspecified atom stereocenters. The van der Waals surface area contributed by atoms with Gasteiger partial charge in [0.05, 0.1) is 0 Å². The smallest absolute Gasteiger partial charge is 0.128 e. The minimum Gasteiger partial charge on any atom is -0.310 e. The van der Waals surface area contributed by atoms with Crippen molar-refractivity contribution in [3.63, 3.8) is 0 Å². The summed E-state index contributed by atoms with van der Waals surface area (Å²) in [4.78, 5) is 0. The fourth-order valence-electron chi connectivity index (χ4n) is 2.25. The van der Waals surface area contributed by atoms with Gasteiger partial charge in [0.1, 0.15) is 11.6 Å². The highest BCUT2D eigenvalue weighted by atomic mass is 35.5. The van der Waals surface area contributed by atoms with Gasteiger partial charge in [0, 0.05) is 21.7 Å². The highest BCUT2D eigenvalue weighted by Gasteiger charge is 2.19. The second-order valence-corrected chi connectivity index (χ2v) is 5.49. The van der Waals surface area contributed by atoms with E-state index in [4.69, 9.17) is 23.2 Å². The zero-order chi connectivity index (χ0) is 15.4. The molecule has 0 aliphatic rings. The van der Waals surface area contributed by atoms with Crippen molar-refractivity contribution in [1.82, 2.24) is 5.32 Å². The summed E-state index contributed by atoms with van der Waals surface area (Å²) in [6.45, 7) is 2.51. The number of hydrogen-bond donors (Lipinski definition) is 1. The van der Waals surface area contributed by atoms with Crippen LogP contribution in [0, 0.1) is 11.6 Å².